The van der Waals surface area contributed by atoms with Crippen molar-refractivity contribution in [1.29, 1.82) is 0 Å². The second kappa shape index (κ2) is 9.53. The Morgan fingerprint density at radius 1 is 1.08 bits per heavy atom. The average molecular weight is 496 g/mol. The molecular weight excluding hydrogens is 466 g/mol. The number of aryl methyl sites for hydroxylation is 1. The molecule has 0 aliphatic carbocycles. The molecule has 0 saturated carbocycles. The Kier molecular flexibility index (Phi) is 5.91. The monoisotopic (exact) mass is 495 g/mol. The van der Waals surface area contributed by atoms with E-state index in [9.17, 15) is 0 Å². The Labute approximate surface area is 214 Å². The normalized spacial score (nSPS) is 14.4. The van der Waals surface area contributed by atoms with Gasteiger partial charge in [0.15, 0.2) is 11.5 Å². The molecule has 188 valence electrons. The highest BCUT2D eigenvalue weighted by Gasteiger charge is 2.24. The molecule has 10 nitrogen and oxygen atoms in total. The van der Waals surface area contributed by atoms with Crippen LogP contribution in [0.4, 0.5) is 17.5 Å². The number of imidazole rings is 1. The van der Waals surface area contributed by atoms with Gasteiger partial charge in [0.25, 0.3) is 0 Å². The first-order valence-electron chi connectivity index (χ1n) is 12.5. The molecular formula is C27H29N9O. The molecule has 1 aliphatic heterocycles. The van der Waals surface area contributed by atoms with Gasteiger partial charge in [0.05, 0.1) is 19.1 Å². The molecule has 1 fully saturated rings. The number of hydrogen-bond acceptors (Lipinski definition) is 9. The Hall–Kier alpha value is -4.47. The van der Waals surface area contributed by atoms with Crippen molar-refractivity contribution in [2.75, 3.05) is 36.1 Å². The van der Waals surface area contributed by atoms with Crippen molar-refractivity contribution < 1.29 is 4.74 Å². The number of fused-ring (bicyclic) bond motifs is 2. The summed E-state index contributed by atoms with van der Waals surface area (Å²) in [5.41, 5.74) is 10.4. The van der Waals surface area contributed by atoms with E-state index < -0.39 is 0 Å². The van der Waals surface area contributed by atoms with E-state index in [1.807, 2.05) is 18.3 Å². The summed E-state index contributed by atoms with van der Waals surface area (Å²) in [6.45, 7) is 3.75. The number of anilines is 3. The molecule has 6 rings (SSSR count). The van der Waals surface area contributed by atoms with E-state index in [0.717, 1.165) is 83.0 Å². The fraction of sp³-hybridized carbons (Fsp3) is 0.296. The number of rotatable bonds is 6. The van der Waals surface area contributed by atoms with E-state index in [-0.39, 0.29) is 5.95 Å². The largest absolute Gasteiger partial charge is 0.497 e. The van der Waals surface area contributed by atoms with Crippen molar-refractivity contribution in [3.05, 3.63) is 54.7 Å². The van der Waals surface area contributed by atoms with Gasteiger partial charge in [0, 0.05) is 48.4 Å². The molecule has 3 aromatic heterocycles. The zero-order valence-electron chi connectivity index (χ0n) is 20.9. The molecule has 0 atom stereocenters. The maximum atomic E-state index is 5.94. The maximum absolute atomic E-state index is 5.94. The van der Waals surface area contributed by atoms with Gasteiger partial charge in [-0.2, -0.15) is 9.97 Å². The number of nitrogen functional groups attached to an aromatic ring is 1. The molecule has 4 N–H and O–H groups in total. The smallest absolute Gasteiger partial charge is 0.224 e. The highest BCUT2D eigenvalue weighted by atomic mass is 16.5. The van der Waals surface area contributed by atoms with Gasteiger partial charge in [-0.3, -0.25) is 0 Å². The van der Waals surface area contributed by atoms with Crippen molar-refractivity contribution in [2.24, 2.45) is 0 Å². The van der Waals surface area contributed by atoms with Crippen LogP contribution in [0.3, 0.4) is 0 Å². The Morgan fingerprint density at radius 2 is 1.95 bits per heavy atom. The molecule has 2 aromatic carbocycles. The number of nitrogens with two attached hydrogens (primary N) is 1. The number of piperidine rings is 1. The first-order chi connectivity index (χ1) is 18.1. The van der Waals surface area contributed by atoms with Crippen molar-refractivity contribution >= 4 is 39.4 Å². The third-order valence-electron chi connectivity index (χ3n) is 6.92. The molecule has 1 aliphatic rings. The minimum absolute atomic E-state index is 0.239. The van der Waals surface area contributed by atoms with Crippen LogP contribution in [0.25, 0.3) is 33.2 Å². The van der Waals surface area contributed by atoms with Crippen LogP contribution < -0.4 is 20.7 Å². The van der Waals surface area contributed by atoms with Crippen LogP contribution in [-0.2, 0) is 6.42 Å². The summed E-state index contributed by atoms with van der Waals surface area (Å²) in [5, 5.41) is 6.08. The second-order valence-electron chi connectivity index (χ2n) is 9.23. The Balaban J connectivity index is 1.29. The highest BCUT2D eigenvalue weighted by molar-refractivity contribution is 5.98. The number of hydrogen-bond donors (Lipinski definition) is 3. The lowest BCUT2D eigenvalue weighted by Crippen LogP contribution is -2.39. The van der Waals surface area contributed by atoms with Gasteiger partial charge in [-0.1, -0.05) is 13.0 Å². The molecule has 0 amide bonds. The van der Waals surface area contributed by atoms with E-state index in [1.165, 1.54) is 0 Å². The van der Waals surface area contributed by atoms with Gasteiger partial charge in [-0.15, -0.1) is 0 Å². The highest BCUT2D eigenvalue weighted by Crippen LogP contribution is 2.34. The maximum Gasteiger partial charge on any atom is 0.224 e. The van der Waals surface area contributed by atoms with Gasteiger partial charge in [0.1, 0.15) is 17.1 Å². The van der Waals surface area contributed by atoms with E-state index in [2.05, 4.69) is 66.3 Å². The summed E-state index contributed by atoms with van der Waals surface area (Å²) >= 11 is 0. The fourth-order valence-electron chi connectivity index (χ4n) is 4.98. The predicted molar refractivity (Wildman–Crippen MR) is 146 cm³/mol. The van der Waals surface area contributed by atoms with E-state index in [1.54, 1.807) is 13.4 Å². The minimum Gasteiger partial charge on any atom is -0.497 e. The van der Waals surface area contributed by atoms with Crippen LogP contribution in [0, 0.1) is 0 Å². The lowest BCUT2D eigenvalue weighted by molar-refractivity contribution is 0.415. The van der Waals surface area contributed by atoms with Gasteiger partial charge in [-0.05, 0) is 48.6 Å². The van der Waals surface area contributed by atoms with E-state index in [4.69, 9.17) is 15.5 Å². The molecule has 5 aromatic rings. The number of nitrogens with one attached hydrogen (secondary N) is 2. The Bertz CT molecular complexity index is 1570. The van der Waals surface area contributed by atoms with Crippen LogP contribution in [-0.4, -0.2) is 56.1 Å². The van der Waals surface area contributed by atoms with E-state index in [0.29, 0.717) is 11.7 Å². The average Bonchev–Trinajstić information content (AvgIpc) is 3.41. The first-order valence-corrected chi connectivity index (χ1v) is 12.5. The number of aromatic amines is 1. The number of methoxy groups -OCH3 is 1. The SMILES string of the molecule is CCc1nccc(-c2cc(NC3CCN(c4nc(N)nc5nc[nH]c45)CC3)c3cc(OC)ccc3c2)n1. The number of H-pyrrole nitrogens is 1. The molecule has 0 unspecified atom stereocenters. The molecule has 0 bridgehead atoms. The summed E-state index contributed by atoms with van der Waals surface area (Å²) in [5.74, 6) is 2.72. The van der Waals surface area contributed by atoms with Crippen LogP contribution in [0.1, 0.15) is 25.6 Å². The third-order valence-corrected chi connectivity index (χ3v) is 6.92. The van der Waals surface area contributed by atoms with Crippen molar-refractivity contribution in [3.63, 3.8) is 0 Å². The van der Waals surface area contributed by atoms with E-state index >= 15 is 0 Å². The van der Waals surface area contributed by atoms with Crippen molar-refractivity contribution in [2.45, 2.75) is 32.2 Å². The first kappa shape index (κ1) is 23.0. The lowest BCUT2D eigenvalue weighted by Gasteiger charge is -2.34. The van der Waals surface area contributed by atoms with Gasteiger partial charge in [-0.25, -0.2) is 15.0 Å². The van der Waals surface area contributed by atoms with Gasteiger partial charge < -0.3 is 25.7 Å². The van der Waals surface area contributed by atoms with Crippen LogP contribution >= 0.6 is 0 Å². The number of benzene rings is 2. The molecule has 37 heavy (non-hydrogen) atoms. The standard InChI is InChI=1S/C27H29N9O/c1-3-23-29-9-6-21(33-23)17-12-16-4-5-19(37-2)14-20(16)22(13-17)32-18-7-10-36(11-8-18)26-24-25(31-15-30-24)34-27(28)35-26/h4-6,9,12-15,18,32H,3,7-8,10-11H2,1-2H3,(H3,28,30,31,34,35). The van der Waals surface area contributed by atoms with Gasteiger partial charge >= 0.3 is 0 Å². The lowest BCUT2D eigenvalue weighted by atomic mass is 9.99. The number of ether oxygens (including phenoxy) is 1. The fourth-order valence-corrected chi connectivity index (χ4v) is 4.98. The molecule has 4 heterocycles. The molecule has 10 heteroatoms. The zero-order valence-corrected chi connectivity index (χ0v) is 20.9. The minimum atomic E-state index is 0.239. The van der Waals surface area contributed by atoms with Crippen molar-refractivity contribution in [1.82, 2.24) is 29.9 Å². The van der Waals surface area contributed by atoms with Crippen LogP contribution in [0.15, 0.2) is 48.9 Å². The molecule has 0 spiro atoms. The summed E-state index contributed by atoms with van der Waals surface area (Å²) in [4.78, 5) is 27.5. The zero-order chi connectivity index (χ0) is 25.4. The Morgan fingerprint density at radius 3 is 2.76 bits per heavy atom. The predicted octanol–water partition coefficient (Wildman–Crippen LogP) is 4.20. The summed E-state index contributed by atoms with van der Waals surface area (Å²) < 4.78 is 5.53. The van der Waals surface area contributed by atoms with Crippen LogP contribution in [0.2, 0.25) is 0 Å². The molecule has 0 radical (unpaired) electrons. The third kappa shape index (κ3) is 4.46. The topological polar surface area (TPSA) is 131 Å². The quantitative estimate of drug-likeness (QED) is 0.317. The summed E-state index contributed by atoms with van der Waals surface area (Å²) in [7, 11) is 1.70. The second-order valence-corrected chi connectivity index (χ2v) is 9.23. The number of aromatic nitrogens is 6. The summed E-state index contributed by atoms with van der Waals surface area (Å²) in [6.07, 6.45) is 6.15. The van der Waals surface area contributed by atoms with Crippen LogP contribution in [0.5, 0.6) is 5.75 Å². The number of nitrogens with zero attached hydrogens (tertiary/aromatic N) is 6. The summed E-state index contributed by atoms with van der Waals surface area (Å²) in [6, 6.07) is 12.8. The molecule has 1 saturated heterocycles. The van der Waals surface area contributed by atoms with Gasteiger partial charge in [0.2, 0.25) is 5.95 Å². The van der Waals surface area contributed by atoms with Crippen molar-refractivity contribution in [3.8, 4) is 17.0 Å².